The molecule has 20 heavy (non-hydrogen) atoms. The Morgan fingerprint density at radius 1 is 1.55 bits per heavy atom. The molecule has 3 N–H and O–H groups in total. The molecule has 0 amide bonds. The monoisotopic (exact) mass is 275 g/mol. The van der Waals surface area contributed by atoms with Crippen molar-refractivity contribution in [3.63, 3.8) is 0 Å². The van der Waals surface area contributed by atoms with E-state index in [1.54, 1.807) is 31.8 Å². The lowest BCUT2D eigenvalue weighted by atomic mass is 9.98. The number of rotatable bonds is 5. The van der Waals surface area contributed by atoms with Crippen LogP contribution in [0.5, 0.6) is 0 Å². The zero-order chi connectivity index (χ0) is 14.4. The molecule has 0 spiro atoms. The Bertz CT molecular complexity index is 570. The SMILES string of the molecule is CN/C=C(\N=N/CO)C1=C(O)C=C(n2ccnc2)CC1. The van der Waals surface area contributed by atoms with Crippen molar-refractivity contribution in [2.45, 2.75) is 12.8 Å². The van der Waals surface area contributed by atoms with Gasteiger partial charge in [0, 0.05) is 43.0 Å². The maximum absolute atomic E-state index is 10.2. The Hall–Kier alpha value is -2.41. The molecular formula is C13H17N5O2. The third-order valence-corrected chi connectivity index (χ3v) is 2.91. The minimum Gasteiger partial charge on any atom is -0.508 e. The van der Waals surface area contributed by atoms with Crippen molar-refractivity contribution >= 4 is 5.70 Å². The average molecular weight is 275 g/mol. The first-order chi connectivity index (χ1) is 9.76. The summed E-state index contributed by atoms with van der Waals surface area (Å²) in [5.41, 5.74) is 2.17. The molecule has 1 aliphatic rings. The highest BCUT2D eigenvalue weighted by Crippen LogP contribution is 2.30. The Kier molecular flexibility index (Phi) is 4.67. The molecule has 0 saturated heterocycles. The molecule has 0 aliphatic heterocycles. The largest absolute Gasteiger partial charge is 0.508 e. The number of aliphatic hydroxyl groups excluding tert-OH is 2. The summed E-state index contributed by atoms with van der Waals surface area (Å²) in [5.74, 6) is 0.151. The van der Waals surface area contributed by atoms with Crippen LogP contribution in [-0.2, 0) is 0 Å². The lowest BCUT2D eigenvalue weighted by molar-refractivity contribution is 0.300. The second-order valence-electron chi connectivity index (χ2n) is 4.17. The van der Waals surface area contributed by atoms with E-state index in [4.69, 9.17) is 5.11 Å². The van der Waals surface area contributed by atoms with E-state index in [0.29, 0.717) is 17.7 Å². The van der Waals surface area contributed by atoms with E-state index < -0.39 is 0 Å². The summed E-state index contributed by atoms with van der Waals surface area (Å²) in [6.45, 7) is -0.384. The fraction of sp³-hybridized carbons (Fsp3) is 0.308. The van der Waals surface area contributed by atoms with Gasteiger partial charge >= 0.3 is 0 Å². The highest BCUT2D eigenvalue weighted by molar-refractivity contribution is 5.56. The molecule has 0 bridgehead atoms. The molecular weight excluding hydrogens is 258 g/mol. The zero-order valence-electron chi connectivity index (χ0n) is 11.2. The standard InChI is InChI=1S/C13H17N5O2/c1-14-7-12(17-16-9-19)11-3-2-10(6-13(11)20)18-5-4-15-8-18/h4-8,14,19-20H,2-3,9H2,1H3/b12-7-,17-16-. The van der Waals surface area contributed by atoms with Crippen LogP contribution in [0.4, 0.5) is 0 Å². The van der Waals surface area contributed by atoms with Crippen LogP contribution in [-0.4, -0.2) is 33.5 Å². The summed E-state index contributed by atoms with van der Waals surface area (Å²) < 4.78 is 1.86. The van der Waals surface area contributed by atoms with Gasteiger partial charge in [0.2, 0.25) is 0 Å². The van der Waals surface area contributed by atoms with E-state index in [0.717, 1.165) is 12.1 Å². The number of hydrogen-bond acceptors (Lipinski definition) is 6. The summed E-state index contributed by atoms with van der Waals surface area (Å²) in [4.78, 5) is 3.99. The van der Waals surface area contributed by atoms with Crippen LogP contribution in [0.3, 0.4) is 0 Å². The van der Waals surface area contributed by atoms with E-state index in [1.165, 1.54) is 0 Å². The van der Waals surface area contributed by atoms with Crippen LogP contribution in [0, 0.1) is 0 Å². The van der Waals surface area contributed by atoms with Crippen molar-refractivity contribution < 1.29 is 10.2 Å². The lowest BCUT2D eigenvalue weighted by Crippen LogP contribution is -2.06. The van der Waals surface area contributed by atoms with Crippen LogP contribution < -0.4 is 5.32 Å². The summed E-state index contributed by atoms with van der Waals surface area (Å²) in [6, 6.07) is 0. The van der Waals surface area contributed by atoms with Crippen molar-refractivity contribution in [1.82, 2.24) is 14.9 Å². The minimum atomic E-state index is -0.384. The zero-order valence-corrected chi connectivity index (χ0v) is 11.2. The minimum absolute atomic E-state index is 0.151. The van der Waals surface area contributed by atoms with Crippen LogP contribution in [0.15, 0.2) is 58.3 Å². The quantitative estimate of drug-likeness (QED) is 0.714. The van der Waals surface area contributed by atoms with Gasteiger partial charge in [-0.15, -0.1) is 0 Å². The number of hydrogen-bond donors (Lipinski definition) is 3. The molecule has 0 aromatic carbocycles. The first-order valence-corrected chi connectivity index (χ1v) is 6.23. The lowest BCUT2D eigenvalue weighted by Gasteiger charge is -2.17. The van der Waals surface area contributed by atoms with Gasteiger partial charge in [0.25, 0.3) is 0 Å². The van der Waals surface area contributed by atoms with Gasteiger partial charge in [-0.1, -0.05) is 0 Å². The van der Waals surface area contributed by atoms with Crippen molar-refractivity contribution in [3.05, 3.63) is 48.0 Å². The molecule has 2 rings (SSSR count). The highest BCUT2D eigenvalue weighted by Gasteiger charge is 2.17. The van der Waals surface area contributed by atoms with E-state index in [9.17, 15) is 5.11 Å². The first kappa shape index (κ1) is 14.0. The number of nitrogens with one attached hydrogen (secondary N) is 1. The molecule has 7 heteroatoms. The third kappa shape index (κ3) is 3.12. The maximum atomic E-state index is 10.2. The summed E-state index contributed by atoms with van der Waals surface area (Å²) in [7, 11) is 1.74. The van der Waals surface area contributed by atoms with Gasteiger partial charge in [-0.05, 0) is 12.8 Å². The van der Waals surface area contributed by atoms with E-state index in [2.05, 4.69) is 20.5 Å². The Morgan fingerprint density at radius 3 is 3.00 bits per heavy atom. The Labute approximate surface area is 116 Å². The predicted molar refractivity (Wildman–Crippen MR) is 74.5 cm³/mol. The summed E-state index contributed by atoms with van der Waals surface area (Å²) in [5, 5.41) is 29.2. The molecule has 0 atom stereocenters. The second-order valence-corrected chi connectivity index (χ2v) is 4.17. The molecule has 1 aromatic rings. The molecule has 1 heterocycles. The van der Waals surface area contributed by atoms with Gasteiger partial charge in [-0.3, -0.25) is 0 Å². The molecule has 0 saturated carbocycles. The van der Waals surface area contributed by atoms with Crippen molar-refractivity contribution in [3.8, 4) is 0 Å². The van der Waals surface area contributed by atoms with E-state index in [1.807, 2.05) is 10.8 Å². The molecule has 0 fully saturated rings. The van der Waals surface area contributed by atoms with E-state index in [-0.39, 0.29) is 12.5 Å². The van der Waals surface area contributed by atoms with E-state index >= 15 is 0 Å². The molecule has 1 aromatic heterocycles. The number of azo groups is 1. The van der Waals surface area contributed by atoms with Gasteiger partial charge in [0.1, 0.15) is 11.5 Å². The fourth-order valence-corrected chi connectivity index (χ4v) is 2.01. The van der Waals surface area contributed by atoms with Crippen LogP contribution in [0.25, 0.3) is 5.70 Å². The maximum Gasteiger partial charge on any atom is 0.155 e. The number of allylic oxidation sites excluding steroid dienone is 3. The number of imidazole rings is 1. The molecule has 106 valence electrons. The first-order valence-electron chi connectivity index (χ1n) is 6.23. The average Bonchev–Trinajstić information content (AvgIpc) is 2.98. The number of aromatic nitrogens is 2. The summed E-state index contributed by atoms with van der Waals surface area (Å²) >= 11 is 0. The highest BCUT2D eigenvalue weighted by atomic mass is 16.3. The van der Waals surface area contributed by atoms with Gasteiger partial charge in [0.05, 0.1) is 6.33 Å². The summed E-state index contributed by atoms with van der Waals surface area (Å²) in [6.07, 6.45) is 9.94. The molecule has 0 radical (unpaired) electrons. The van der Waals surface area contributed by atoms with Crippen molar-refractivity contribution in [2.24, 2.45) is 10.2 Å². The normalized spacial score (nSPS) is 16.7. The van der Waals surface area contributed by atoms with Gasteiger partial charge in [-0.25, -0.2) is 4.98 Å². The van der Waals surface area contributed by atoms with Crippen molar-refractivity contribution in [2.75, 3.05) is 13.8 Å². The third-order valence-electron chi connectivity index (χ3n) is 2.91. The second kappa shape index (κ2) is 6.67. The molecule has 1 aliphatic carbocycles. The van der Waals surface area contributed by atoms with Crippen LogP contribution in [0.1, 0.15) is 12.8 Å². The smallest absolute Gasteiger partial charge is 0.155 e. The topological polar surface area (TPSA) is 95.0 Å². The Morgan fingerprint density at radius 2 is 2.40 bits per heavy atom. The number of aliphatic hydroxyl groups is 2. The predicted octanol–water partition coefficient (Wildman–Crippen LogP) is 1.79. The fourth-order valence-electron chi connectivity index (χ4n) is 2.01. The van der Waals surface area contributed by atoms with Crippen LogP contribution >= 0.6 is 0 Å². The van der Waals surface area contributed by atoms with Crippen LogP contribution in [0.2, 0.25) is 0 Å². The molecule has 7 nitrogen and oxygen atoms in total. The molecule has 0 unspecified atom stereocenters. The van der Waals surface area contributed by atoms with Crippen molar-refractivity contribution in [1.29, 1.82) is 0 Å². The van der Waals surface area contributed by atoms with Gasteiger partial charge < -0.3 is 20.1 Å². The number of nitrogens with zero attached hydrogens (tertiary/aromatic N) is 4. The van der Waals surface area contributed by atoms with Gasteiger partial charge in [-0.2, -0.15) is 10.2 Å². The van der Waals surface area contributed by atoms with Gasteiger partial charge in [0.15, 0.2) is 6.73 Å². The Balaban J connectivity index is 2.30.